The average Bonchev–Trinajstić information content (AvgIpc) is 2.46. The molecule has 0 fully saturated rings. The molecule has 0 aromatic carbocycles. The number of rotatable bonds is 3. The Hall–Kier alpha value is -0.860. The van der Waals surface area contributed by atoms with Crippen LogP contribution in [0, 0.1) is 5.92 Å². The van der Waals surface area contributed by atoms with Crippen molar-refractivity contribution in [3.8, 4) is 0 Å². The van der Waals surface area contributed by atoms with Gasteiger partial charge in [-0.05, 0) is 19.3 Å². The van der Waals surface area contributed by atoms with Gasteiger partial charge in [-0.2, -0.15) is 5.10 Å². The Balaban J connectivity index is 2.72. The molecular weight excluding hydrogens is 164 g/mol. The molecule has 1 unspecified atom stereocenters. The lowest BCUT2D eigenvalue weighted by Gasteiger charge is -2.18. The van der Waals surface area contributed by atoms with Crippen LogP contribution in [-0.4, -0.2) is 22.7 Å². The molecule has 1 amide bonds. The monoisotopic (exact) mass is 182 g/mol. The Morgan fingerprint density at radius 2 is 2.08 bits per heavy atom. The van der Waals surface area contributed by atoms with Gasteiger partial charge in [0.15, 0.2) is 0 Å². The molecule has 0 spiro atoms. The van der Waals surface area contributed by atoms with Crippen LogP contribution in [0.2, 0.25) is 0 Å². The van der Waals surface area contributed by atoms with Gasteiger partial charge in [-0.3, -0.25) is 4.79 Å². The molecule has 1 aliphatic heterocycles. The van der Waals surface area contributed by atoms with Crippen LogP contribution in [0.5, 0.6) is 0 Å². The molecule has 3 heteroatoms. The molecule has 0 N–H and O–H groups in total. The summed E-state index contributed by atoms with van der Waals surface area (Å²) in [6.45, 7) is 8.25. The van der Waals surface area contributed by atoms with Gasteiger partial charge in [0.1, 0.15) is 0 Å². The molecule has 3 nitrogen and oxygen atoms in total. The van der Waals surface area contributed by atoms with Gasteiger partial charge in [0, 0.05) is 0 Å². The summed E-state index contributed by atoms with van der Waals surface area (Å²) in [5.41, 5.74) is 1.02. The Bertz CT molecular complexity index is 233. The molecule has 0 radical (unpaired) electrons. The van der Waals surface area contributed by atoms with Crippen LogP contribution >= 0.6 is 0 Å². The van der Waals surface area contributed by atoms with Crippen LogP contribution in [0.15, 0.2) is 5.10 Å². The summed E-state index contributed by atoms with van der Waals surface area (Å²) in [6, 6.07) is 0.240. The molecule has 74 valence electrons. The maximum Gasteiger partial charge on any atom is 0.248 e. The predicted molar refractivity (Wildman–Crippen MR) is 53.5 cm³/mol. The topological polar surface area (TPSA) is 32.7 Å². The first kappa shape index (κ1) is 10.2. The number of carbonyl (C=O) groups excluding carboxylic acids is 1. The fourth-order valence-electron chi connectivity index (χ4n) is 1.30. The van der Waals surface area contributed by atoms with E-state index >= 15 is 0 Å². The van der Waals surface area contributed by atoms with Gasteiger partial charge < -0.3 is 0 Å². The first-order valence-corrected chi connectivity index (χ1v) is 4.95. The third-order valence-electron chi connectivity index (χ3n) is 2.50. The highest BCUT2D eigenvalue weighted by Crippen LogP contribution is 2.17. The van der Waals surface area contributed by atoms with E-state index in [2.05, 4.69) is 25.9 Å². The quantitative estimate of drug-likeness (QED) is 0.657. The highest BCUT2D eigenvalue weighted by molar-refractivity contribution is 6.05. The van der Waals surface area contributed by atoms with E-state index in [4.69, 9.17) is 0 Å². The summed E-state index contributed by atoms with van der Waals surface area (Å²) in [5, 5.41) is 5.97. The zero-order chi connectivity index (χ0) is 10.0. The Morgan fingerprint density at radius 1 is 1.46 bits per heavy atom. The van der Waals surface area contributed by atoms with Gasteiger partial charge in [0.25, 0.3) is 0 Å². The first-order chi connectivity index (χ1) is 6.06. The number of nitrogens with zero attached hydrogens (tertiary/aromatic N) is 2. The van der Waals surface area contributed by atoms with E-state index in [1.165, 1.54) is 0 Å². The van der Waals surface area contributed by atoms with Crippen LogP contribution in [0.4, 0.5) is 0 Å². The minimum absolute atomic E-state index is 0.151. The van der Waals surface area contributed by atoms with Crippen molar-refractivity contribution in [1.29, 1.82) is 0 Å². The van der Waals surface area contributed by atoms with E-state index in [0.29, 0.717) is 12.3 Å². The minimum atomic E-state index is 0.151. The minimum Gasteiger partial charge on any atom is -0.273 e. The van der Waals surface area contributed by atoms with E-state index in [-0.39, 0.29) is 11.9 Å². The predicted octanol–water partition coefficient (Wildman–Crippen LogP) is 2.03. The van der Waals surface area contributed by atoms with Gasteiger partial charge in [-0.1, -0.05) is 20.8 Å². The standard InChI is InChI=1S/C10H18N2O/c1-5-8(4)12-10(13)6-9(11-12)7(2)3/h7-8H,5-6H2,1-4H3. The van der Waals surface area contributed by atoms with E-state index in [9.17, 15) is 4.79 Å². The van der Waals surface area contributed by atoms with Crippen molar-refractivity contribution in [3.05, 3.63) is 0 Å². The molecule has 0 aromatic rings. The zero-order valence-corrected chi connectivity index (χ0v) is 8.87. The largest absolute Gasteiger partial charge is 0.273 e. The van der Waals surface area contributed by atoms with Crippen LogP contribution in [0.25, 0.3) is 0 Å². The third-order valence-corrected chi connectivity index (χ3v) is 2.50. The van der Waals surface area contributed by atoms with Crippen molar-refractivity contribution in [2.45, 2.75) is 46.6 Å². The maximum absolute atomic E-state index is 11.5. The fourth-order valence-corrected chi connectivity index (χ4v) is 1.30. The Labute approximate surface area is 79.8 Å². The number of carbonyl (C=O) groups is 1. The van der Waals surface area contributed by atoms with Gasteiger partial charge in [-0.25, -0.2) is 5.01 Å². The molecule has 0 saturated carbocycles. The summed E-state index contributed by atoms with van der Waals surface area (Å²) < 4.78 is 0. The number of hydrogen-bond donors (Lipinski definition) is 0. The van der Waals surface area contributed by atoms with E-state index in [1.54, 1.807) is 5.01 Å². The molecule has 1 atom stereocenters. The third kappa shape index (κ3) is 2.08. The second-order valence-corrected chi connectivity index (χ2v) is 3.92. The molecule has 1 aliphatic rings. The molecule has 1 heterocycles. The number of amides is 1. The molecule has 1 rings (SSSR count). The second-order valence-electron chi connectivity index (χ2n) is 3.92. The van der Waals surface area contributed by atoms with Gasteiger partial charge in [-0.15, -0.1) is 0 Å². The summed E-state index contributed by atoms with van der Waals surface area (Å²) in [6.07, 6.45) is 1.47. The molecule has 0 aliphatic carbocycles. The van der Waals surface area contributed by atoms with Gasteiger partial charge in [0.05, 0.1) is 18.2 Å². The highest BCUT2D eigenvalue weighted by atomic mass is 16.2. The highest BCUT2D eigenvalue weighted by Gasteiger charge is 2.27. The lowest BCUT2D eigenvalue weighted by Crippen LogP contribution is -2.29. The van der Waals surface area contributed by atoms with Crippen LogP contribution in [0.3, 0.4) is 0 Å². The van der Waals surface area contributed by atoms with Crippen molar-refractivity contribution in [2.24, 2.45) is 11.0 Å². The van der Waals surface area contributed by atoms with Crippen LogP contribution in [0.1, 0.15) is 40.5 Å². The second kappa shape index (κ2) is 3.90. The first-order valence-electron chi connectivity index (χ1n) is 4.95. The van der Waals surface area contributed by atoms with Crippen molar-refractivity contribution in [3.63, 3.8) is 0 Å². The smallest absolute Gasteiger partial charge is 0.248 e. The molecule has 0 aromatic heterocycles. The lowest BCUT2D eigenvalue weighted by atomic mass is 10.1. The zero-order valence-electron chi connectivity index (χ0n) is 8.87. The molecule has 13 heavy (non-hydrogen) atoms. The van der Waals surface area contributed by atoms with E-state index in [1.807, 2.05) is 6.92 Å². The Morgan fingerprint density at radius 3 is 2.46 bits per heavy atom. The molecule has 0 bridgehead atoms. The average molecular weight is 182 g/mol. The van der Waals surface area contributed by atoms with Gasteiger partial charge >= 0.3 is 0 Å². The van der Waals surface area contributed by atoms with Crippen molar-refractivity contribution in [2.75, 3.05) is 0 Å². The van der Waals surface area contributed by atoms with Crippen molar-refractivity contribution >= 4 is 11.6 Å². The normalized spacial score (nSPS) is 19.6. The summed E-state index contributed by atoms with van der Waals surface area (Å²) in [4.78, 5) is 11.5. The summed E-state index contributed by atoms with van der Waals surface area (Å²) >= 11 is 0. The number of hydrazone groups is 1. The van der Waals surface area contributed by atoms with Crippen molar-refractivity contribution < 1.29 is 4.79 Å². The van der Waals surface area contributed by atoms with Gasteiger partial charge in [0.2, 0.25) is 5.91 Å². The lowest BCUT2D eigenvalue weighted by molar-refractivity contribution is -0.130. The number of hydrogen-bond acceptors (Lipinski definition) is 2. The SMILES string of the molecule is CCC(C)N1N=C(C(C)C)CC1=O. The molecular formula is C10H18N2O. The maximum atomic E-state index is 11.5. The van der Waals surface area contributed by atoms with Crippen molar-refractivity contribution in [1.82, 2.24) is 5.01 Å². The summed E-state index contributed by atoms with van der Waals surface area (Å²) in [5.74, 6) is 0.538. The van der Waals surface area contributed by atoms with E-state index in [0.717, 1.165) is 12.1 Å². The summed E-state index contributed by atoms with van der Waals surface area (Å²) in [7, 11) is 0. The fraction of sp³-hybridized carbons (Fsp3) is 0.800. The Kier molecular flexibility index (Phi) is 3.07. The molecule has 0 saturated heterocycles. The van der Waals surface area contributed by atoms with Crippen LogP contribution in [-0.2, 0) is 4.79 Å². The van der Waals surface area contributed by atoms with Crippen LogP contribution < -0.4 is 0 Å². The van der Waals surface area contributed by atoms with E-state index < -0.39 is 0 Å².